The number of amides is 1. The number of carbonyl (C=O) groups excluding carboxylic acids is 1. The van der Waals surface area contributed by atoms with Gasteiger partial charge in [0.2, 0.25) is 0 Å². The van der Waals surface area contributed by atoms with Crippen molar-refractivity contribution < 1.29 is 9.72 Å². The fourth-order valence-electron chi connectivity index (χ4n) is 2.33. The first-order valence-corrected chi connectivity index (χ1v) is 7.87. The summed E-state index contributed by atoms with van der Waals surface area (Å²) in [4.78, 5) is 26.6. The van der Waals surface area contributed by atoms with E-state index in [-0.39, 0.29) is 11.6 Å². The summed E-state index contributed by atoms with van der Waals surface area (Å²) >= 11 is 0. The van der Waals surface area contributed by atoms with Gasteiger partial charge in [-0.3, -0.25) is 19.9 Å². The molecule has 0 aliphatic rings. The summed E-state index contributed by atoms with van der Waals surface area (Å²) in [5.74, 6) is -0.290. The highest BCUT2D eigenvalue weighted by Gasteiger charge is 2.08. The summed E-state index contributed by atoms with van der Waals surface area (Å²) in [6.45, 7) is 0. The van der Waals surface area contributed by atoms with E-state index in [1.54, 1.807) is 42.6 Å². The van der Waals surface area contributed by atoms with Gasteiger partial charge in [-0.05, 0) is 41.5 Å². The number of carbonyl (C=O) groups is 1. The molecule has 0 spiro atoms. The highest BCUT2D eigenvalue weighted by molar-refractivity contribution is 6.04. The van der Waals surface area contributed by atoms with Crippen molar-refractivity contribution in [3.05, 3.63) is 99.9 Å². The number of non-ortho nitro benzene ring substituents is 1. The molecule has 6 heteroatoms. The number of para-hydroxylation sites is 1. The van der Waals surface area contributed by atoms with E-state index in [1.807, 2.05) is 30.4 Å². The molecule has 0 aliphatic heterocycles. The number of anilines is 1. The molecule has 3 rings (SSSR count). The van der Waals surface area contributed by atoms with Gasteiger partial charge in [0.1, 0.15) is 5.69 Å². The van der Waals surface area contributed by atoms with E-state index in [9.17, 15) is 14.9 Å². The number of hydrogen-bond acceptors (Lipinski definition) is 4. The highest BCUT2D eigenvalue weighted by Crippen LogP contribution is 2.20. The molecule has 0 bridgehead atoms. The zero-order valence-corrected chi connectivity index (χ0v) is 13.7. The van der Waals surface area contributed by atoms with E-state index in [1.165, 1.54) is 12.1 Å². The molecule has 0 atom stereocenters. The quantitative estimate of drug-likeness (QED) is 0.421. The van der Waals surface area contributed by atoms with Gasteiger partial charge in [0.25, 0.3) is 11.6 Å². The predicted molar refractivity (Wildman–Crippen MR) is 101 cm³/mol. The Bertz CT molecular complexity index is 952. The second-order valence-corrected chi connectivity index (χ2v) is 5.44. The van der Waals surface area contributed by atoms with Gasteiger partial charge in [-0.25, -0.2) is 0 Å². The van der Waals surface area contributed by atoms with Crippen LogP contribution in [0.5, 0.6) is 0 Å². The molecular weight excluding hydrogens is 330 g/mol. The van der Waals surface area contributed by atoms with E-state index in [4.69, 9.17) is 0 Å². The maximum absolute atomic E-state index is 12.3. The van der Waals surface area contributed by atoms with Crippen molar-refractivity contribution in [1.82, 2.24) is 4.98 Å². The van der Waals surface area contributed by atoms with Gasteiger partial charge >= 0.3 is 0 Å². The smallest absolute Gasteiger partial charge is 0.274 e. The maximum atomic E-state index is 12.3. The number of pyridine rings is 1. The molecule has 2 aromatic carbocycles. The number of nitrogens with one attached hydrogen (secondary N) is 1. The largest absolute Gasteiger partial charge is 0.320 e. The highest BCUT2D eigenvalue weighted by atomic mass is 16.6. The van der Waals surface area contributed by atoms with E-state index in [0.29, 0.717) is 11.4 Å². The Kier molecular flexibility index (Phi) is 5.14. The second kappa shape index (κ2) is 7.85. The van der Waals surface area contributed by atoms with Crippen LogP contribution in [0.15, 0.2) is 72.9 Å². The lowest BCUT2D eigenvalue weighted by molar-refractivity contribution is -0.384. The van der Waals surface area contributed by atoms with E-state index < -0.39 is 4.92 Å². The van der Waals surface area contributed by atoms with Crippen molar-refractivity contribution in [3.8, 4) is 0 Å². The van der Waals surface area contributed by atoms with Crippen LogP contribution in [0.4, 0.5) is 11.4 Å². The van der Waals surface area contributed by atoms with Gasteiger partial charge in [-0.2, -0.15) is 0 Å². The van der Waals surface area contributed by atoms with E-state index in [0.717, 1.165) is 11.1 Å². The van der Waals surface area contributed by atoms with Crippen LogP contribution in [0.1, 0.15) is 21.6 Å². The van der Waals surface area contributed by atoms with Crippen molar-refractivity contribution in [3.63, 3.8) is 0 Å². The fraction of sp³-hybridized carbons (Fsp3) is 0. The lowest BCUT2D eigenvalue weighted by atomic mass is 10.1. The molecule has 0 aliphatic carbocycles. The summed E-state index contributed by atoms with van der Waals surface area (Å²) in [7, 11) is 0. The van der Waals surface area contributed by atoms with Crippen molar-refractivity contribution in [2.45, 2.75) is 0 Å². The average Bonchev–Trinajstić information content (AvgIpc) is 2.68. The first-order chi connectivity index (χ1) is 12.6. The van der Waals surface area contributed by atoms with Crippen molar-refractivity contribution >= 4 is 29.4 Å². The summed E-state index contributed by atoms with van der Waals surface area (Å²) in [6.07, 6.45) is 5.24. The topological polar surface area (TPSA) is 85.1 Å². The Morgan fingerprint density at radius 1 is 0.962 bits per heavy atom. The van der Waals surface area contributed by atoms with Crippen LogP contribution in [-0.2, 0) is 0 Å². The fourth-order valence-corrected chi connectivity index (χ4v) is 2.33. The van der Waals surface area contributed by atoms with Crippen LogP contribution in [0.3, 0.4) is 0 Å². The molecule has 6 nitrogen and oxygen atoms in total. The summed E-state index contributed by atoms with van der Waals surface area (Å²) in [6, 6.07) is 18.8. The molecular formula is C20H15N3O3. The minimum Gasteiger partial charge on any atom is -0.320 e. The van der Waals surface area contributed by atoms with Crippen LogP contribution in [-0.4, -0.2) is 15.8 Å². The number of hydrogen-bond donors (Lipinski definition) is 1. The maximum Gasteiger partial charge on any atom is 0.274 e. The van der Waals surface area contributed by atoms with Gasteiger partial charge in [-0.1, -0.05) is 36.4 Å². The van der Waals surface area contributed by atoms with E-state index in [2.05, 4.69) is 10.3 Å². The molecule has 0 fully saturated rings. The number of benzene rings is 2. The minimum atomic E-state index is -0.435. The normalized spacial score (nSPS) is 10.6. The third-order valence-corrected chi connectivity index (χ3v) is 3.67. The number of rotatable bonds is 5. The molecule has 1 aromatic heterocycles. The first kappa shape index (κ1) is 17.0. The van der Waals surface area contributed by atoms with Gasteiger partial charge in [0.05, 0.1) is 4.92 Å². The third-order valence-electron chi connectivity index (χ3n) is 3.67. The zero-order valence-electron chi connectivity index (χ0n) is 13.7. The molecule has 0 radical (unpaired) electrons. The summed E-state index contributed by atoms with van der Waals surface area (Å²) < 4.78 is 0. The molecule has 0 saturated heterocycles. The lowest BCUT2D eigenvalue weighted by Crippen LogP contribution is -2.14. The van der Waals surface area contributed by atoms with Crippen LogP contribution in [0.25, 0.3) is 12.2 Å². The number of nitrogens with zero attached hydrogens (tertiary/aromatic N) is 2. The Morgan fingerprint density at radius 3 is 2.38 bits per heavy atom. The number of aromatic nitrogens is 1. The van der Waals surface area contributed by atoms with Crippen LogP contribution in [0.2, 0.25) is 0 Å². The Morgan fingerprint density at radius 2 is 1.69 bits per heavy atom. The van der Waals surface area contributed by atoms with Gasteiger partial charge in [0, 0.05) is 24.0 Å². The second-order valence-electron chi connectivity index (χ2n) is 5.44. The first-order valence-electron chi connectivity index (χ1n) is 7.87. The molecule has 26 heavy (non-hydrogen) atoms. The molecule has 1 heterocycles. The number of nitro groups is 1. The zero-order chi connectivity index (χ0) is 18.4. The van der Waals surface area contributed by atoms with Crippen molar-refractivity contribution in [2.75, 3.05) is 5.32 Å². The molecule has 0 unspecified atom stereocenters. The Hall–Kier alpha value is -3.80. The monoisotopic (exact) mass is 345 g/mol. The minimum absolute atomic E-state index is 0.0465. The molecule has 1 amide bonds. The third kappa shape index (κ3) is 4.18. The summed E-state index contributed by atoms with van der Waals surface area (Å²) in [5.41, 5.74) is 2.67. The standard InChI is InChI=1S/C20H15N3O3/c24-20(19-7-3-4-14-21-19)22-18-6-2-1-5-16(18)11-8-15-9-12-17(13-10-15)23(25)26/h1-14H,(H,22,24)/b11-8+. The average molecular weight is 345 g/mol. The molecule has 128 valence electrons. The Labute approximate surface area is 150 Å². The van der Waals surface area contributed by atoms with Crippen molar-refractivity contribution in [1.29, 1.82) is 0 Å². The Balaban J connectivity index is 1.78. The predicted octanol–water partition coefficient (Wildman–Crippen LogP) is 4.41. The summed E-state index contributed by atoms with van der Waals surface area (Å²) in [5, 5.41) is 13.5. The lowest BCUT2D eigenvalue weighted by Gasteiger charge is -2.08. The van der Waals surface area contributed by atoms with Crippen molar-refractivity contribution in [2.24, 2.45) is 0 Å². The van der Waals surface area contributed by atoms with E-state index >= 15 is 0 Å². The van der Waals surface area contributed by atoms with Crippen LogP contribution < -0.4 is 5.32 Å². The SMILES string of the molecule is O=C(Nc1ccccc1/C=C/c1ccc([N+](=O)[O-])cc1)c1ccccn1. The van der Waals surface area contributed by atoms with Gasteiger partial charge < -0.3 is 5.32 Å². The molecule has 0 saturated carbocycles. The number of nitro benzene ring substituents is 1. The van der Waals surface area contributed by atoms with Gasteiger partial charge in [-0.15, -0.1) is 0 Å². The van der Waals surface area contributed by atoms with Crippen LogP contribution in [0, 0.1) is 10.1 Å². The molecule has 3 aromatic rings. The molecule has 1 N–H and O–H groups in total. The van der Waals surface area contributed by atoms with Crippen LogP contribution >= 0.6 is 0 Å². The van der Waals surface area contributed by atoms with Gasteiger partial charge in [0.15, 0.2) is 0 Å².